The number of rotatable bonds is 6. The van der Waals surface area contributed by atoms with Crippen LogP contribution < -0.4 is 14.4 Å². The number of methoxy groups -OCH3 is 2. The molecule has 1 saturated carbocycles. The lowest BCUT2D eigenvalue weighted by molar-refractivity contribution is -0.125. The highest BCUT2D eigenvalue weighted by Gasteiger charge is 2.29. The number of ether oxygens (including phenoxy) is 2. The molecule has 0 N–H and O–H groups in total. The third-order valence-electron chi connectivity index (χ3n) is 7.50. The van der Waals surface area contributed by atoms with Gasteiger partial charge in [-0.3, -0.25) is 9.69 Å². The first kappa shape index (κ1) is 23.6. The standard InChI is InChI=1S/C27H35N5O3/c1-34-23-16-20(17-24(18-23)35-2)6-7-26(33)31-10-8-21-19-28-27(29-25(21)9-11-31)32-14-12-30(13-15-32)22-4-3-5-22/h6-7,16-19,22H,3-5,8-15H2,1-2H3/b7-6+. The summed E-state index contributed by atoms with van der Waals surface area (Å²) in [6.45, 7) is 5.49. The summed E-state index contributed by atoms with van der Waals surface area (Å²) in [7, 11) is 3.23. The lowest BCUT2D eigenvalue weighted by Gasteiger charge is -2.43. The van der Waals surface area contributed by atoms with Gasteiger partial charge in [0.1, 0.15) is 11.5 Å². The Morgan fingerprint density at radius 3 is 2.34 bits per heavy atom. The van der Waals surface area contributed by atoms with E-state index in [1.54, 1.807) is 20.3 Å². The molecule has 0 spiro atoms. The molecule has 186 valence electrons. The van der Waals surface area contributed by atoms with Crippen LogP contribution in [0, 0.1) is 0 Å². The Morgan fingerprint density at radius 2 is 1.69 bits per heavy atom. The van der Waals surface area contributed by atoms with Gasteiger partial charge in [0.15, 0.2) is 0 Å². The first-order valence-electron chi connectivity index (χ1n) is 12.7. The van der Waals surface area contributed by atoms with E-state index in [4.69, 9.17) is 19.4 Å². The summed E-state index contributed by atoms with van der Waals surface area (Å²) in [5.41, 5.74) is 3.09. The number of nitrogens with zero attached hydrogens (tertiary/aromatic N) is 5. The van der Waals surface area contributed by atoms with Crippen LogP contribution in [-0.2, 0) is 17.6 Å². The molecule has 0 atom stereocenters. The van der Waals surface area contributed by atoms with Crippen molar-refractivity contribution in [3.8, 4) is 11.5 Å². The summed E-state index contributed by atoms with van der Waals surface area (Å²) in [4.78, 5) is 29.4. The fourth-order valence-corrected chi connectivity index (χ4v) is 5.08. The molecule has 35 heavy (non-hydrogen) atoms. The van der Waals surface area contributed by atoms with Crippen LogP contribution in [0.5, 0.6) is 11.5 Å². The molecule has 1 aromatic heterocycles. The zero-order valence-corrected chi connectivity index (χ0v) is 20.8. The van der Waals surface area contributed by atoms with Gasteiger partial charge in [0.2, 0.25) is 11.9 Å². The monoisotopic (exact) mass is 477 g/mol. The molecule has 1 saturated heterocycles. The summed E-state index contributed by atoms with van der Waals surface area (Å²) < 4.78 is 10.6. The molecule has 0 bridgehead atoms. The second-order valence-electron chi connectivity index (χ2n) is 9.55. The number of amides is 1. The second-order valence-corrected chi connectivity index (χ2v) is 9.55. The van der Waals surface area contributed by atoms with Gasteiger partial charge in [0.25, 0.3) is 0 Å². The van der Waals surface area contributed by atoms with E-state index in [-0.39, 0.29) is 5.91 Å². The number of fused-ring (bicyclic) bond motifs is 1. The zero-order valence-electron chi connectivity index (χ0n) is 20.8. The summed E-state index contributed by atoms with van der Waals surface area (Å²) in [5.74, 6) is 2.23. The van der Waals surface area contributed by atoms with Crippen LogP contribution in [0.1, 0.15) is 36.1 Å². The average molecular weight is 478 g/mol. The SMILES string of the molecule is COc1cc(/C=C/C(=O)N2CCc3cnc(N4CCN(C5CCC5)CC4)nc3CC2)cc(OC)c1. The molecule has 3 heterocycles. The Balaban J connectivity index is 1.19. The fourth-order valence-electron chi connectivity index (χ4n) is 5.08. The van der Waals surface area contributed by atoms with Crippen LogP contribution in [0.25, 0.3) is 6.08 Å². The van der Waals surface area contributed by atoms with Crippen LogP contribution in [0.3, 0.4) is 0 Å². The Hall–Kier alpha value is -3.13. The van der Waals surface area contributed by atoms with Gasteiger partial charge >= 0.3 is 0 Å². The smallest absolute Gasteiger partial charge is 0.246 e. The minimum absolute atomic E-state index is 0.000100. The average Bonchev–Trinajstić information content (AvgIpc) is 3.08. The van der Waals surface area contributed by atoms with E-state index < -0.39 is 0 Å². The van der Waals surface area contributed by atoms with Gasteiger partial charge in [0.05, 0.1) is 19.9 Å². The number of benzene rings is 1. The predicted octanol–water partition coefficient (Wildman–Crippen LogP) is 2.81. The van der Waals surface area contributed by atoms with Crippen LogP contribution in [0.4, 0.5) is 5.95 Å². The van der Waals surface area contributed by atoms with Crippen molar-refractivity contribution >= 4 is 17.9 Å². The molecule has 2 fully saturated rings. The third-order valence-corrected chi connectivity index (χ3v) is 7.50. The Kier molecular flexibility index (Phi) is 7.18. The van der Waals surface area contributed by atoms with Crippen molar-refractivity contribution in [2.45, 2.75) is 38.1 Å². The Bertz CT molecular complexity index is 1050. The molecule has 3 aliphatic rings. The summed E-state index contributed by atoms with van der Waals surface area (Å²) in [5, 5.41) is 0. The highest BCUT2D eigenvalue weighted by Crippen LogP contribution is 2.27. The fraction of sp³-hybridized carbons (Fsp3) is 0.519. The van der Waals surface area contributed by atoms with Crippen LogP contribution in [0.2, 0.25) is 0 Å². The number of aromatic nitrogens is 2. The first-order valence-corrected chi connectivity index (χ1v) is 12.7. The number of piperazine rings is 1. The number of carbonyl (C=O) groups is 1. The maximum absolute atomic E-state index is 12.9. The molecular weight excluding hydrogens is 442 g/mol. The van der Waals surface area contributed by atoms with Crippen molar-refractivity contribution in [1.82, 2.24) is 19.8 Å². The van der Waals surface area contributed by atoms with E-state index in [0.29, 0.717) is 24.6 Å². The van der Waals surface area contributed by atoms with Gasteiger partial charge in [-0.2, -0.15) is 0 Å². The highest BCUT2D eigenvalue weighted by atomic mass is 16.5. The molecular formula is C27H35N5O3. The molecule has 5 rings (SSSR count). The Labute approximate surface area is 207 Å². The van der Waals surface area contributed by atoms with E-state index in [2.05, 4.69) is 9.80 Å². The number of hydrogen-bond acceptors (Lipinski definition) is 7. The van der Waals surface area contributed by atoms with E-state index in [1.165, 1.54) is 19.3 Å². The van der Waals surface area contributed by atoms with Crippen LogP contribution in [-0.4, -0.2) is 85.2 Å². The summed E-state index contributed by atoms with van der Waals surface area (Å²) in [6, 6.07) is 6.38. The number of anilines is 1. The summed E-state index contributed by atoms with van der Waals surface area (Å²) >= 11 is 0. The molecule has 2 aliphatic heterocycles. The van der Waals surface area contributed by atoms with Gasteiger partial charge in [-0.05, 0) is 48.6 Å². The van der Waals surface area contributed by atoms with E-state index in [0.717, 1.165) is 67.8 Å². The minimum atomic E-state index is -0.000100. The topological polar surface area (TPSA) is 71.0 Å². The van der Waals surface area contributed by atoms with Crippen molar-refractivity contribution in [1.29, 1.82) is 0 Å². The first-order chi connectivity index (χ1) is 17.1. The van der Waals surface area contributed by atoms with Crippen molar-refractivity contribution < 1.29 is 14.3 Å². The van der Waals surface area contributed by atoms with Crippen LogP contribution in [0.15, 0.2) is 30.5 Å². The van der Waals surface area contributed by atoms with Crippen molar-refractivity contribution in [2.75, 3.05) is 58.4 Å². The number of hydrogen-bond donors (Lipinski definition) is 0. The number of carbonyl (C=O) groups excluding carboxylic acids is 1. The van der Waals surface area contributed by atoms with Gasteiger partial charge < -0.3 is 19.3 Å². The maximum atomic E-state index is 12.9. The van der Waals surface area contributed by atoms with Crippen molar-refractivity contribution in [3.63, 3.8) is 0 Å². The van der Waals surface area contributed by atoms with Crippen LogP contribution >= 0.6 is 0 Å². The van der Waals surface area contributed by atoms with Gasteiger partial charge in [-0.1, -0.05) is 6.42 Å². The zero-order chi connectivity index (χ0) is 24.2. The molecule has 1 amide bonds. The normalized spacial score (nSPS) is 19.3. The quantitative estimate of drug-likeness (QED) is 0.593. The van der Waals surface area contributed by atoms with E-state index in [9.17, 15) is 4.79 Å². The largest absolute Gasteiger partial charge is 0.497 e. The van der Waals surface area contributed by atoms with Gasteiger partial charge in [-0.15, -0.1) is 0 Å². The van der Waals surface area contributed by atoms with E-state index >= 15 is 0 Å². The minimum Gasteiger partial charge on any atom is -0.497 e. The molecule has 2 aromatic rings. The lowest BCUT2D eigenvalue weighted by Crippen LogP contribution is -2.52. The molecule has 1 aromatic carbocycles. The van der Waals surface area contributed by atoms with Gasteiger partial charge in [0, 0.05) is 70.1 Å². The Morgan fingerprint density at radius 1 is 0.971 bits per heavy atom. The van der Waals surface area contributed by atoms with E-state index in [1.807, 2.05) is 35.4 Å². The van der Waals surface area contributed by atoms with Gasteiger partial charge in [-0.25, -0.2) is 9.97 Å². The summed E-state index contributed by atoms with van der Waals surface area (Å²) in [6.07, 6.45) is 11.0. The predicted molar refractivity (Wildman–Crippen MR) is 136 cm³/mol. The highest BCUT2D eigenvalue weighted by molar-refractivity contribution is 5.92. The lowest BCUT2D eigenvalue weighted by atomic mass is 9.91. The maximum Gasteiger partial charge on any atom is 0.246 e. The molecule has 8 heteroatoms. The second kappa shape index (κ2) is 10.6. The molecule has 8 nitrogen and oxygen atoms in total. The molecule has 0 radical (unpaired) electrons. The van der Waals surface area contributed by atoms with Crippen molar-refractivity contribution in [2.24, 2.45) is 0 Å². The molecule has 0 unspecified atom stereocenters. The molecule has 1 aliphatic carbocycles. The third kappa shape index (κ3) is 5.42. The van der Waals surface area contributed by atoms with Crippen molar-refractivity contribution in [3.05, 3.63) is 47.3 Å².